The van der Waals surface area contributed by atoms with Gasteiger partial charge in [0.2, 0.25) is 0 Å². The molecule has 0 aliphatic carbocycles. The average molecular weight is 301 g/mol. The summed E-state index contributed by atoms with van der Waals surface area (Å²) in [5.74, 6) is 4.03. The summed E-state index contributed by atoms with van der Waals surface area (Å²) < 4.78 is 2.32. The largest absolute Gasteiger partial charge is 0.323 e. The van der Waals surface area contributed by atoms with Gasteiger partial charge >= 0.3 is 0 Å². The zero-order valence-corrected chi connectivity index (χ0v) is 12.2. The average Bonchev–Trinajstić information content (AvgIpc) is 2.96. The number of aromatic nitrogens is 2. The highest BCUT2D eigenvalue weighted by Gasteiger charge is 2.23. The van der Waals surface area contributed by atoms with Gasteiger partial charge in [0.15, 0.2) is 0 Å². The number of hydrogen-bond acceptors (Lipinski definition) is 2. The van der Waals surface area contributed by atoms with Gasteiger partial charge < -0.3 is 4.57 Å². The minimum absolute atomic E-state index is 0.512. The first-order valence-electron chi connectivity index (χ1n) is 6.10. The Morgan fingerprint density at radius 3 is 3.06 bits per heavy atom. The quantitative estimate of drug-likeness (QED) is 0.793. The van der Waals surface area contributed by atoms with Crippen LogP contribution in [0.2, 0.25) is 5.02 Å². The summed E-state index contributed by atoms with van der Waals surface area (Å²) in [6, 6.07) is 6.43. The Morgan fingerprint density at radius 1 is 1.44 bits per heavy atom. The summed E-state index contributed by atoms with van der Waals surface area (Å²) in [6.07, 6.45) is 1.99. The molecule has 2 heterocycles. The monoisotopic (exact) mass is 300 g/mol. The van der Waals surface area contributed by atoms with E-state index in [0.717, 1.165) is 34.1 Å². The number of aryl methyl sites for hydroxylation is 1. The summed E-state index contributed by atoms with van der Waals surface area (Å²) in [6.45, 7) is 0. The van der Waals surface area contributed by atoms with Gasteiger partial charge in [0.1, 0.15) is 5.82 Å². The van der Waals surface area contributed by atoms with Crippen molar-refractivity contribution in [3.8, 4) is 0 Å². The Kier molecular flexibility index (Phi) is 3.73. The van der Waals surface area contributed by atoms with Crippen molar-refractivity contribution in [1.82, 2.24) is 9.55 Å². The van der Waals surface area contributed by atoms with Crippen LogP contribution < -0.4 is 0 Å². The van der Waals surface area contributed by atoms with Crippen molar-refractivity contribution in [1.29, 1.82) is 0 Å². The molecule has 1 aliphatic heterocycles. The molecule has 2 aromatic rings. The summed E-state index contributed by atoms with van der Waals surface area (Å²) in [4.78, 5) is 4.69. The zero-order valence-electron chi connectivity index (χ0n) is 9.90. The van der Waals surface area contributed by atoms with E-state index in [9.17, 15) is 0 Å². The molecule has 1 aliphatic rings. The molecule has 0 spiro atoms. The maximum Gasteiger partial charge on any atom is 0.111 e. The highest BCUT2D eigenvalue weighted by molar-refractivity contribution is 7.99. The number of alkyl halides is 1. The third kappa shape index (κ3) is 2.13. The van der Waals surface area contributed by atoms with Gasteiger partial charge in [-0.1, -0.05) is 17.7 Å². The van der Waals surface area contributed by atoms with Crippen LogP contribution in [0.4, 0.5) is 0 Å². The molecule has 0 radical (unpaired) electrons. The molecule has 5 heteroatoms. The number of thioether (sulfide) groups is 1. The number of rotatable bonds is 3. The lowest BCUT2D eigenvalue weighted by Crippen LogP contribution is -2.12. The van der Waals surface area contributed by atoms with E-state index in [0.29, 0.717) is 11.9 Å². The van der Waals surface area contributed by atoms with Crippen LogP contribution in [-0.2, 0) is 6.42 Å². The van der Waals surface area contributed by atoms with Crippen LogP contribution in [0.15, 0.2) is 18.2 Å². The van der Waals surface area contributed by atoms with Crippen molar-refractivity contribution >= 4 is 46.0 Å². The van der Waals surface area contributed by atoms with Crippen molar-refractivity contribution in [2.24, 2.45) is 0 Å². The molecule has 1 aromatic heterocycles. The molecule has 1 aromatic carbocycles. The van der Waals surface area contributed by atoms with Gasteiger partial charge in [-0.2, -0.15) is 11.8 Å². The molecule has 1 fully saturated rings. The topological polar surface area (TPSA) is 17.8 Å². The minimum Gasteiger partial charge on any atom is -0.323 e. The predicted octanol–water partition coefficient (Wildman–Crippen LogP) is 4.15. The number of imidazole rings is 1. The Hall–Kier alpha value is -0.380. The normalized spacial score (nSPS) is 19.8. The standard InChI is InChI=1S/C13H14Cl2N2S/c14-6-4-12-16-11-3-1-2-10(15)13(11)17(12)9-5-7-18-8-9/h1-3,9H,4-8H2. The van der Waals surface area contributed by atoms with Crippen LogP contribution in [-0.4, -0.2) is 26.9 Å². The van der Waals surface area contributed by atoms with Gasteiger partial charge in [0, 0.05) is 24.1 Å². The first-order valence-corrected chi connectivity index (χ1v) is 8.17. The second-order valence-corrected chi connectivity index (χ2v) is 6.40. The number of halogens is 2. The van der Waals surface area contributed by atoms with E-state index in [1.165, 1.54) is 12.2 Å². The fourth-order valence-electron chi connectivity index (χ4n) is 2.53. The van der Waals surface area contributed by atoms with Gasteiger partial charge in [-0.05, 0) is 24.3 Å². The second kappa shape index (κ2) is 5.32. The van der Waals surface area contributed by atoms with Gasteiger partial charge in [0.05, 0.1) is 16.1 Å². The van der Waals surface area contributed by atoms with Crippen molar-refractivity contribution < 1.29 is 0 Å². The predicted molar refractivity (Wildman–Crippen MR) is 80.1 cm³/mol. The number of nitrogens with zero attached hydrogens (tertiary/aromatic N) is 2. The van der Waals surface area contributed by atoms with Crippen molar-refractivity contribution in [3.05, 3.63) is 29.0 Å². The third-order valence-corrected chi connectivity index (χ3v) is 4.96. The van der Waals surface area contributed by atoms with Gasteiger partial charge in [-0.15, -0.1) is 11.6 Å². The third-order valence-electron chi connectivity index (χ3n) is 3.32. The number of benzene rings is 1. The molecule has 2 nitrogen and oxygen atoms in total. The summed E-state index contributed by atoms with van der Waals surface area (Å²) in [7, 11) is 0. The Labute approximate surface area is 121 Å². The van der Waals surface area contributed by atoms with Gasteiger partial charge in [-0.3, -0.25) is 0 Å². The maximum atomic E-state index is 6.35. The van der Waals surface area contributed by atoms with E-state index < -0.39 is 0 Å². The molecule has 0 amide bonds. The van der Waals surface area contributed by atoms with Crippen LogP contribution in [0, 0.1) is 0 Å². The summed E-state index contributed by atoms with van der Waals surface area (Å²) >= 11 is 14.2. The number of para-hydroxylation sites is 1. The molecule has 96 valence electrons. The maximum absolute atomic E-state index is 6.35. The SMILES string of the molecule is ClCCc1nc2cccc(Cl)c2n1C1CCSC1. The molecule has 0 saturated carbocycles. The van der Waals surface area contributed by atoms with Gasteiger partial charge in [0.25, 0.3) is 0 Å². The highest BCUT2D eigenvalue weighted by Crippen LogP contribution is 2.34. The highest BCUT2D eigenvalue weighted by atomic mass is 35.5. The van der Waals surface area contributed by atoms with Crippen LogP contribution in [0.5, 0.6) is 0 Å². The Balaban J connectivity index is 2.19. The summed E-state index contributed by atoms with van der Waals surface area (Å²) in [5, 5.41) is 0.790. The van der Waals surface area contributed by atoms with E-state index >= 15 is 0 Å². The van der Waals surface area contributed by atoms with E-state index in [1.807, 2.05) is 30.0 Å². The fourth-order valence-corrected chi connectivity index (χ4v) is 4.16. The molecular formula is C13H14Cl2N2S. The first kappa shape index (κ1) is 12.6. The molecule has 3 rings (SSSR count). The number of hydrogen-bond donors (Lipinski definition) is 0. The fraction of sp³-hybridized carbons (Fsp3) is 0.462. The van der Waals surface area contributed by atoms with E-state index in [2.05, 4.69) is 4.57 Å². The van der Waals surface area contributed by atoms with Crippen LogP contribution in [0.1, 0.15) is 18.3 Å². The van der Waals surface area contributed by atoms with Crippen molar-refractivity contribution in [2.75, 3.05) is 17.4 Å². The molecule has 18 heavy (non-hydrogen) atoms. The first-order chi connectivity index (χ1) is 8.81. The minimum atomic E-state index is 0.512. The van der Waals surface area contributed by atoms with Crippen molar-refractivity contribution in [3.63, 3.8) is 0 Å². The lowest BCUT2D eigenvalue weighted by atomic mass is 10.2. The zero-order chi connectivity index (χ0) is 12.5. The molecule has 1 saturated heterocycles. The van der Waals surface area contributed by atoms with Crippen LogP contribution in [0.25, 0.3) is 11.0 Å². The van der Waals surface area contributed by atoms with E-state index in [1.54, 1.807) is 0 Å². The van der Waals surface area contributed by atoms with Crippen LogP contribution >= 0.6 is 35.0 Å². The molecule has 0 bridgehead atoms. The lowest BCUT2D eigenvalue weighted by molar-refractivity contribution is 0.552. The van der Waals surface area contributed by atoms with E-state index in [4.69, 9.17) is 28.2 Å². The molecular weight excluding hydrogens is 287 g/mol. The molecule has 1 atom stereocenters. The smallest absolute Gasteiger partial charge is 0.111 e. The Bertz CT molecular complexity index is 561. The molecule has 1 unspecified atom stereocenters. The summed E-state index contributed by atoms with van der Waals surface area (Å²) in [5.41, 5.74) is 2.06. The molecule has 0 N–H and O–H groups in total. The Morgan fingerprint density at radius 2 is 2.33 bits per heavy atom. The second-order valence-electron chi connectivity index (χ2n) is 4.46. The van der Waals surface area contributed by atoms with Crippen molar-refractivity contribution in [2.45, 2.75) is 18.9 Å². The van der Waals surface area contributed by atoms with Gasteiger partial charge in [-0.25, -0.2) is 4.98 Å². The lowest BCUT2D eigenvalue weighted by Gasteiger charge is -2.15. The van der Waals surface area contributed by atoms with E-state index in [-0.39, 0.29) is 0 Å². The van der Waals surface area contributed by atoms with Crippen LogP contribution in [0.3, 0.4) is 0 Å². The number of fused-ring (bicyclic) bond motifs is 1.